The Morgan fingerprint density at radius 2 is 1.79 bits per heavy atom. The van der Waals surface area contributed by atoms with Crippen molar-refractivity contribution in [3.05, 3.63) is 47.4 Å². The van der Waals surface area contributed by atoms with Crippen molar-refractivity contribution in [2.45, 2.75) is 20.3 Å². The Bertz CT molecular complexity index is 732. The van der Waals surface area contributed by atoms with Crippen LogP contribution in [0.15, 0.2) is 30.3 Å². The van der Waals surface area contributed by atoms with Crippen molar-refractivity contribution in [2.24, 2.45) is 0 Å². The second-order valence-corrected chi connectivity index (χ2v) is 6.05. The third-order valence-corrected chi connectivity index (χ3v) is 4.29. The van der Waals surface area contributed by atoms with Crippen molar-refractivity contribution in [2.75, 3.05) is 36.0 Å². The first kappa shape index (κ1) is 16.4. The van der Waals surface area contributed by atoms with Crippen molar-refractivity contribution in [3.8, 4) is 0 Å². The molecule has 1 aromatic carbocycles. The molecule has 1 fully saturated rings. The predicted molar refractivity (Wildman–Crippen MR) is 92.2 cm³/mol. The first-order chi connectivity index (χ1) is 11.6. The molecule has 1 aliphatic rings. The van der Waals surface area contributed by atoms with Crippen LogP contribution in [0.5, 0.6) is 0 Å². The van der Waals surface area contributed by atoms with Crippen LogP contribution in [-0.2, 0) is 0 Å². The quantitative estimate of drug-likeness (QED) is 0.811. The summed E-state index contributed by atoms with van der Waals surface area (Å²) in [7, 11) is 0. The molecule has 0 aliphatic carbocycles. The highest BCUT2D eigenvalue weighted by Crippen LogP contribution is 2.25. The smallest absolute Gasteiger partial charge is 0.164 e. The zero-order valence-electron chi connectivity index (χ0n) is 14.0. The summed E-state index contributed by atoms with van der Waals surface area (Å²) in [5, 5.41) is 8.36. The van der Waals surface area contributed by atoms with Gasteiger partial charge in [0.2, 0.25) is 0 Å². The second-order valence-electron chi connectivity index (χ2n) is 6.05. The van der Waals surface area contributed by atoms with E-state index in [9.17, 15) is 9.18 Å². The Hall–Kier alpha value is -2.50. The van der Waals surface area contributed by atoms with E-state index in [0.29, 0.717) is 12.2 Å². The molecule has 0 spiro atoms. The lowest BCUT2D eigenvalue weighted by molar-refractivity contribution is 0.101. The number of Topliss-reactive ketones (excluding diaryl/α,β-unsaturated/α-hetero) is 1. The van der Waals surface area contributed by atoms with Crippen LogP contribution in [0, 0.1) is 12.7 Å². The molecule has 0 N–H and O–H groups in total. The molecule has 1 aliphatic heterocycles. The summed E-state index contributed by atoms with van der Waals surface area (Å²) in [6.07, 6.45) is 0.906. The fraction of sp³-hybridized carbons (Fsp3) is 0.389. The maximum atomic E-state index is 14.1. The molecule has 0 amide bonds. The zero-order chi connectivity index (χ0) is 17.1. The van der Waals surface area contributed by atoms with Crippen LogP contribution in [0.3, 0.4) is 0 Å². The molecule has 2 aromatic rings. The standard InChI is InChI=1S/C18H21FN4O/c1-13-7-8-17(21-20-13)23-10-4-9-22(11-12-23)16-6-3-5-15(19)18(16)14(2)24/h3,5-8H,4,9-12H2,1-2H3. The van der Waals surface area contributed by atoms with Gasteiger partial charge in [0, 0.05) is 26.2 Å². The number of rotatable bonds is 3. The largest absolute Gasteiger partial charge is 0.369 e. The van der Waals surface area contributed by atoms with Crippen molar-refractivity contribution >= 4 is 17.3 Å². The number of ketones is 1. The van der Waals surface area contributed by atoms with E-state index >= 15 is 0 Å². The molecule has 0 bridgehead atoms. The number of carbonyl (C=O) groups is 1. The van der Waals surface area contributed by atoms with Crippen molar-refractivity contribution in [1.82, 2.24) is 10.2 Å². The van der Waals surface area contributed by atoms with Crippen LogP contribution in [0.4, 0.5) is 15.9 Å². The van der Waals surface area contributed by atoms with Gasteiger partial charge in [-0.3, -0.25) is 4.79 Å². The zero-order valence-corrected chi connectivity index (χ0v) is 14.0. The molecule has 0 radical (unpaired) electrons. The Morgan fingerprint density at radius 3 is 2.50 bits per heavy atom. The van der Waals surface area contributed by atoms with E-state index < -0.39 is 5.82 Å². The van der Waals surface area contributed by atoms with E-state index in [1.165, 1.54) is 13.0 Å². The monoisotopic (exact) mass is 328 g/mol. The molecule has 0 atom stereocenters. The lowest BCUT2D eigenvalue weighted by Gasteiger charge is -2.25. The van der Waals surface area contributed by atoms with Gasteiger partial charge in [0.15, 0.2) is 11.6 Å². The normalized spacial score (nSPS) is 15.3. The maximum Gasteiger partial charge on any atom is 0.164 e. The van der Waals surface area contributed by atoms with E-state index in [-0.39, 0.29) is 11.3 Å². The molecule has 5 nitrogen and oxygen atoms in total. The molecule has 6 heteroatoms. The molecule has 1 saturated heterocycles. The minimum Gasteiger partial charge on any atom is -0.369 e. The van der Waals surface area contributed by atoms with Gasteiger partial charge in [-0.25, -0.2) is 4.39 Å². The van der Waals surface area contributed by atoms with Crippen molar-refractivity contribution in [3.63, 3.8) is 0 Å². The molecule has 3 rings (SSSR count). The van der Waals surface area contributed by atoms with E-state index in [4.69, 9.17) is 0 Å². The minimum absolute atomic E-state index is 0.182. The number of anilines is 2. The van der Waals surface area contributed by atoms with Gasteiger partial charge in [-0.15, -0.1) is 5.10 Å². The van der Waals surface area contributed by atoms with Gasteiger partial charge >= 0.3 is 0 Å². The van der Waals surface area contributed by atoms with Gasteiger partial charge in [0.25, 0.3) is 0 Å². The summed E-state index contributed by atoms with van der Waals surface area (Å²) in [6.45, 7) is 6.42. The second kappa shape index (κ2) is 6.95. The minimum atomic E-state index is -0.453. The number of aromatic nitrogens is 2. The summed E-state index contributed by atoms with van der Waals surface area (Å²) in [4.78, 5) is 16.1. The first-order valence-electron chi connectivity index (χ1n) is 8.16. The van der Waals surface area contributed by atoms with Gasteiger partial charge in [-0.1, -0.05) is 6.07 Å². The fourth-order valence-corrected chi connectivity index (χ4v) is 3.07. The number of carbonyl (C=O) groups excluding carboxylic acids is 1. The van der Waals surface area contributed by atoms with Crippen LogP contribution < -0.4 is 9.80 Å². The maximum absolute atomic E-state index is 14.1. The third-order valence-electron chi connectivity index (χ3n) is 4.29. The van der Waals surface area contributed by atoms with Crippen LogP contribution in [0.2, 0.25) is 0 Å². The van der Waals surface area contributed by atoms with Gasteiger partial charge in [0.05, 0.1) is 16.9 Å². The van der Waals surface area contributed by atoms with Crippen LogP contribution in [0.1, 0.15) is 29.4 Å². The van der Waals surface area contributed by atoms with Crippen molar-refractivity contribution < 1.29 is 9.18 Å². The average molecular weight is 328 g/mol. The van der Waals surface area contributed by atoms with E-state index in [1.54, 1.807) is 6.07 Å². The highest BCUT2D eigenvalue weighted by Gasteiger charge is 2.21. The molecular weight excluding hydrogens is 307 g/mol. The summed E-state index contributed by atoms with van der Waals surface area (Å²) in [5.74, 6) is 0.160. The average Bonchev–Trinajstić information content (AvgIpc) is 2.81. The van der Waals surface area contributed by atoms with Gasteiger partial charge in [-0.05, 0) is 44.5 Å². The number of hydrogen-bond donors (Lipinski definition) is 0. The Kier molecular flexibility index (Phi) is 4.74. The van der Waals surface area contributed by atoms with Crippen LogP contribution >= 0.6 is 0 Å². The summed E-state index contributed by atoms with van der Waals surface area (Å²) >= 11 is 0. The molecular formula is C18H21FN4O. The summed E-state index contributed by atoms with van der Waals surface area (Å²) < 4.78 is 14.1. The number of hydrogen-bond acceptors (Lipinski definition) is 5. The number of halogens is 1. The lowest BCUT2D eigenvalue weighted by atomic mass is 10.1. The number of benzene rings is 1. The summed E-state index contributed by atoms with van der Waals surface area (Å²) in [5.41, 5.74) is 1.75. The van der Waals surface area contributed by atoms with Crippen molar-refractivity contribution in [1.29, 1.82) is 0 Å². The van der Waals surface area contributed by atoms with E-state index in [0.717, 1.165) is 37.6 Å². The predicted octanol–water partition coefficient (Wildman–Crippen LogP) is 2.84. The Balaban J connectivity index is 1.80. The van der Waals surface area contributed by atoms with Crippen LogP contribution in [0.25, 0.3) is 0 Å². The Morgan fingerprint density at radius 1 is 1.04 bits per heavy atom. The highest BCUT2D eigenvalue weighted by molar-refractivity contribution is 6.00. The molecule has 2 heterocycles. The highest BCUT2D eigenvalue weighted by atomic mass is 19.1. The number of aryl methyl sites for hydroxylation is 1. The number of nitrogens with zero attached hydrogens (tertiary/aromatic N) is 4. The molecule has 24 heavy (non-hydrogen) atoms. The van der Waals surface area contributed by atoms with Gasteiger partial charge < -0.3 is 9.80 Å². The molecule has 0 unspecified atom stereocenters. The van der Waals surface area contributed by atoms with E-state index in [1.807, 2.05) is 25.1 Å². The third kappa shape index (κ3) is 3.37. The molecule has 1 aromatic heterocycles. The fourth-order valence-electron chi connectivity index (χ4n) is 3.07. The SMILES string of the molecule is CC(=O)c1c(F)cccc1N1CCCN(c2ccc(C)nn2)CC1. The van der Waals surface area contributed by atoms with Crippen LogP contribution in [-0.4, -0.2) is 42.2 Å². The molecule has 126 valence electrons. The Labute approximate surface area is 141 Å². The topological polar surface area (TPSA) is 49.3 Å². The van der Waals surface area contributed by atoms with Gasteiger partial charge in [0.1, 0.15) is 5.82 Å². The van der Waals surface area contributed by atoms with Gasteiger partial charge in [-0.2, -0.15) is 5.10 Å². The lowest BCUT2D eigenvalue weighted by Crippen LogP contribution is -2.32. The van der Waals surface area contributed by atoms with E-state index in [2.05, 4.69) is 20.0 Å². The molecule has 0 saturated carbocycles. The summed E-state index contributed by atoms with van der Waals surface area (Å²) in [6, 6.07) is 8.74. The first-order valence-corrected chi connectivity index (χ1v) is 8.16.